The number of likely N-dealkylation sites (N-methyl/N-ethyl adjacent to an activating group) is 1. The SMILES string of the molecule is COC(C)C(=O)N(C)CCC(F)(F)F. The van der Waals surface area contributed by atoms with Gasteiger partial charge < -0.3 is 9.64 Å². The summed E-state index contributed by atoms with van der Waals surface area (Å²) in [6.07, 6.45) is -5.93. The van der Waals surface area contributed by atoms with E-state index < -0.39 is 24.6 Å². The Morgan fingerprint density at radius 2 is 2.00 bits per heavy atom. The topological polar surface area (TPSA) is 29.5 Å². The molecule has 6 heteroatoms. The minimum Gasteiger partial charge on any atom is -0.372 e. The zero-order chi connectivity index (χ0) is 11.4. The molecule has 0 aliphatic heterocycles. The van der Waals surface area contributed by atoms with Crippen molar-refractivity contribution in [2.75, 3.05) is 20.7 Å². The number of rotatable bonds is 4. The number of hydrogen-bond acceptors (Lipinski definition) is 2. The normalized spacial score (nSPS) is 13.9. The van der Waals surface area contributed by atoms with Gasteiger partial charge in [0.25, 0.3) is 5.91 Å². The van der Waals surface area contributed by atoms with Gasteiger partial charge in [-0.1, -0.05) is 0 Å². The highest BCUT2D eigenvalue weighted by molar-refractivity contribution is 5.80. The second kappa shape index (κ2) is 5.19. The second-order valence-corrected chi connectivity index (χ2v) is 3.00. The molecule has 0 saturated heterocycles. The van der Waals surface area contributed by atoms with Gasteiger partial charge in [0, 0.05) is 20.7 Å². The number of halogens is 3. The zero-order valence-electron chi connectivity index (χ0n) is 8.39. The number of nitrogens with zero attached hydrogens (tertiary/aromatic N) is 1. The fourth-order valence-electron chi connectivity index (χ4n) is 0.816. The van der Waals surface area contributed by atoms with Crippen LogP contribution in [0.3, 0.4) is 0 Å². The number of carbonyl (C=O) groups excluding carboxylic acids is 1. The Bertz CT molecular complexity index is 194. The summed E-state index contributed by atoms with van der Waals surface area (Å²) >= 11 is 0. The first-order valence-corrected chi connectivity index (χ1v) is 4.12. The molecule has 84 valence electrons. The van der Waals surface area contributed by atoms with Gasteiger partial charge in [0.2, 0.25) is 0 Å². The molecule has 0 bridgehead atoms. The highest BCUT2D eigenvalue weighted by Crippen LogP contribution is 2.19. The van der Waals surface area contributed by atoms with Crippen molar-refractivity contribution in [3.8, 4) is 0 Å². The van der Waals surface area contributed by atoms with Crippen LogP contribution in [0.5, 0.6) is 0 Å². The summed E-state index contributed by atoms with van der Waals surface area (Å²) < 4.78 is 40.1. The van der Waals surface area contributed by atoms with E-state index in [1.54, 1.807) is 0 Å². The molecule has 0 aromatic rings. The van der Waals surface area contributed by atoms with Crippen molar-refractivity contribution in [2.24, 2.45) is 0 Å². The second-order valence-electron chi connectivity index (χ2n) is 3.00. The molecular formula is C8H14F3NO2. The summed E-state index contributed by atoms with van der Waals surface area (Å²) in [5.74, 6) is -0.447. The standard InChI is InChI=1S/C8H14F3NO2/c1-6(14-3)7(13)12(2)5-4-8(9,10)11/h6H,4-5H2,1-3H3. The van der Waals surface area contributed by atoms with E-state index >= 15 is 0 Å². The number of ether oxygens (including phenoxy) is 1. The van der Waals surface area contributed by atoms with Crippen LogP contribution >= 0.6 is 0 Å². The lowest BCUT2D eigenvalue weighted by Gasteiger charge is -2.20. The van der Waals surface area contributed by atoms with Gasteiger partial charge in [0.15, 0.2) is 0 Å². The molecule has 0 N–H and O–H groups in total. The molecular weight excluding hydrogens is 199 g/mol. The third-order valence-electron chi connectivity index (χ3n) is 1.81. The maximum Gasteiger partial charge on any atom is 0.390 e. The molecule has 0 aliphatic carbocycles. The van der Waals surface area contributed by atoms with Gasteiger partial charge >= 0.3 is 6.18 Å². The van der Waals surface area contributed by atoms with E-state index in [4.69, 9.17) is 4.74 Å². The van der Waals surface area contributed by atoms with Crippen molar-refractivity contribution in [3.05, 3.63) is 0 Å². The zero-order valence-corrected chi connectivity index (χ0v) is 8.39. The number of methoxy groups -OCH3 is 1. The van der Waals surface area contributed by atoms with Crippen molar-refractivity contribution in [3.63, 3.8) is 0 Å². The lowest BCUT2D eigenvalue weighted by Crippen LogP contribution is -2.37. The lowest BCUT2D eigenvalue weighted by atomic mass is 10.3. The minimum absolute atomic E-state index is 0.337. The van der Waals surface area contributed by atoms with Crippen LogP contribution in [-0.2, 0) is 9.53 Å². The molecule has 1 unspecified atom stereocenters. The molecule has 0 aromatic carbocycles. The van der Waals surface area contributed by atoms with Gasteiger partial charge in [-0.25, -0.2) is 0 Å². The van der Waals surface area contributed by atoms with E-state index in [-0.39, 0.29) is 6.54 Å². The summed E-state index contributed by atoms with van der Waals surface area (Å²) in [5, 5.41) is 0. The first kappa shape index (κ1) is 13.2. The van der Waals surface area contributed by atoms with Crippen molar-refractivity contribution >= 4 is 5.91 Å². The van der Waals surface area contributed by atoms with E-state index in [2.05, 4.69) is 0 Å². The lowest BCUT2D eigenvalue weighted by molar-refractivity contribution is -0.149. The van der Waals surface area contributed by atoms with E-state index in [9.17, 15) is 18.0 Å². The molecule has 0 radical (unpaired) electrons. The first-order valence-electron chi connectivity index (χ1n) is 4.12. The minimum atomic E-state index is -4.23. The van der Waals surface area contributed by atoms with Crippen molar-refractivity contribution in [1.29, 1.82) is 0 Å². The Morgan fingerprint density at radius 1 is 1.50 bits per heavy atom. The molecule has 3 nitrogen and oxygen atoms in total. The first-order chi connectivity index (χ1) is 6.28. The van der Waals surface area contributed by atoms with Gasteiger partial charge in [-0.2, -0.15) is 13.2 Å². The predicted molar refractivity (Wildman–Crippen MR) is 44.8 cm³/mol. The van der Waals surface area contributed by atoms with Crippen LogP contribution in [0.15, 0.2) is 0 Å². The predicted octanol–water partition coefficient (Wildman–Crippen LogP) is 1.43. The summed E-state index contributed by atoms with van der Waals surface area (Å²) in [7, 11) is 2.66. The van der Waals surface area contributed by atoms with Gasteiger partial charge in [0.1, 0.15) is 6.10 Å². The summed E-state index contributed by atoms with van der Waals surface area (Å²) in [6, 6.07) is 0. The maximum absolute atomic E-state index is 11.8. The van der Waals surface area contributed by atoms with E-state index in [0.29, 0.717) is 0 Å². The third-order valence-corrected chi connectivity index (χ3v) is 1.81. The summed E-state index contributed by atoms with van der Waals surface area (Å²) in [4.78, 5) is 12.2. The van der Waals surface area contributed by atoms with Crippen molar-refractivity contribution in [1.82, 2.24) is 4.90 Å². The summed E-state index contributed by atoms with van der Waals surface area (Å²) in [5.41, 5.74) is 0. The Labute approximate surface area is 80.8 Å². The molecule has 14 heavy (non-hydrogen) atoms. The Hall–Kier alpha value is -0.780. The Balaban J connectivity index is 3.97. The smallest absolute Gasteiger partial charge is 0.372 e. The van der Waals surface area contributed by atoms with Crippen LogP contribution < -0.4 is 0 Å². The summed E-state index contributed by atoms with van der Waals surface area (Å²) in [6.45, 7) is 1.16. The fraction of sp³-hybridized carbons (Fsp3) is 0.875. The Morgan fingerprint density at radius 3 is 2.36 bits per heavy atom. The molecule has 0 aliphatic rings. The highest BCUT2D eigenvalue weighted by Gasteiger charge is 2.28. The van der Waals surface area contributed by atoms with Gasteiger partial charge in [-0.3, -0.25) is 4.79 Å². The number of hydrogen-bond donors (Lipinski definition) is 0. The van der Waals surface area contributed by atoms with Crippen molar-refractivity contribution in [2.45, 2.75) is 25.6 Å². The number of amides is 1. The van der Waals surface area contributed by atoms with Crippen LogP contribution in [0, 0.1) is 0 Å². The molecule has 0 saturated carbocycles. The number of alkyl halides is 3. The maximum atomic E-state index is 11.8. The van der Waals surface area contributed by atoms with Crippen LogP contribution in [-0.4, -0.2) is 43.8 Å². The largest absolute Gasteiger partial charge is 0.390 e. The molecule has 0 rings (SSSR count). The van der Waals surface area contributed by atoms with Crippen LogP contribution in [0.1, 0.15) is 13.3 Å². The van der Waals surface area contributed by atoms with E-state index in [0.717, 1.165) is 4.90 Å². The highest BCUT2D eigenvalue weighted by atomic mass is 19.4. The Kier molecular flexibility index (Phi) is 4.90. The van der Waals surface area contributed by atoms with Crippen LogP contribution in [0.4, 0.5) is 13.2 Å². The molecule has 0 spiro atoms. The monoisotopic (exact) mass is 213 g/mol. The molecule has 0 heterocycles. The van der Waals surface area contributed by atoms with E-state index in [1.807, 2.05) is 0 Å². The third kappa shape index (κ3) is 5.06. The van der Waals surface area contributed by atoms with Crippen molar-refractivity contribution < 1.29 is 22.7 Å². The van der Waals surface area contributed by atoms with Gasteiger partial charge in [0.05, 0.1) is 6.42 Å². The quantitative estimate of drug-likeness (QED) is 0.707. The average molecular weight is 213 g/mol. The molecule has 0 fully saturated rings. The van der Waals surface area contributed by atoms with E-state index in [1.165, 1.54) is 21.1 Å². The fourth-order valence-corrected chi connectivity index (χ4v) is 0.816. The molecule has 0 aromatic heterocycles. The average Bonchev–Trinajstić information content (AvgIpc) is 2.10. The molecule has 1 amide bonds. The van der Waals surface area contributed by atoms with Crippen LogP contribution in [0.2, 0.25) is 0 Å². The molecule has 1 atom stereocenters. The van der Waals surface area contributed by atoms with Crippen LogP contribution in [0.25, 0.3) is 0 Å². The van der Waals surface area contributed by atoms with Gasteiger partial charge in [-0.05, 0) is 6.92 Å². The number of carbonyl (C=O) groups is 1. The van der Waals surface area contributed by atoms with Gasteiger partial charge in [-0.15, -0.1) is 0 Å².